The first-order valence-electron chi connectivity index (χ1n) is 14.7. The molecule has 1 saturated heterocycles. The van der Waals surface area contributed by atoms with E-state index in [1.807, 2.05) is 0 Å². The summed E-state index contributed by atoms with van der Waals surface area (Å²) in [5.41, 5.74) is 1.96. The van der Waals surface area contributed by atoms with Gasteiger partial charge in [-0.2, -0.15) is 0 Å². The number of carbonyl (C=O) groups is 2. The molecule has 5 rings (SSSR count). The van der Waals surface area contributed by atoms with Crippen molar-refractivity contribution in [3.8, 4) is 0 Å². The van der Waals surface area contributed by atoms with Crippen molar-refractivity contribution in [3.05, 3.63) is 11.6 Å². The smallest absolute Gasteiger partial charge is 0.307 e. The fourth-order valence-corrected chi connectivity index (χ4v) is 9.67. The van der Waals surface area contributed by atoms with E-state index in [0.717, 1.165) is 62.7 Å². The van der Waals surface area contributed by atoms with Crippen LogP contribution in [-0.4, -0.2) is 42.4 Å². The molecular weight excluding hydrogens is 434 g/mol. The van der Waals surface area contributed by atoms with Crippen LogP contribution in [0.1, 0.15) is 105 Å². The molecule has 0 aromatic heterocycles. The summed E-state index contributed by atoms with van der Waals surface area (Å²) in [6.07, 6.45) is 14.8. The molecule has 1 heterocycles. The summed E-state index contributed by atoms with van der Waals surface area (Å²) in [5.74, 6) is 3.13. The largest absolute Gasteiger partial charge is 0.462 e. The highest BCUT2D eigenvalue weighted by atomic mass is 16.5. The summed E-state index contributed by atoms with van der Waals surface area (Å²) in [5, 5.41) is 0. The number of ketones is 1. The molecule has 0 amide bonds. The second-order valence-electron chi connectivity index (χ2n) is 14.2. The van der Waals surface area contributed by atoms with E-state index in [4.69, 9.17) is 4.74 Å². The molecule has 0 radical (unpaired) electrons. The highest BCUT2D eigenvalue weighted by molar-refractivity contribution is 5.95. The number of Topliss-reactive ketones (excluding diaryl/α,β-unsaturated/α-hetero) is 1. The Morgan fingerprint density at radius 3 is 2.57 bits per heavy atom. The van der Waals surface area contributed by atoms with E-state index >= 15 is 0 Å². The predicted octanol–water partition coefficient (Wildman–Crippen LogP) is 6.58. The number of likely N-dealkylation sites (tertiary alicyclic amines) is 1. The molecule has 4 heteroatoms. The Labute approximate surface area is 213 Å². The molecule has 0 aromatic carbocycles. The van der Waals surface area contributed by atoms with Gasteiger partial charge in [0, 0.05) is 13.1 Å². The second kappa shape index (κ2) is 9.30. The maximum Gasteiger partial charge on any atom is 0.307 e. The summed E-state index contributed by atoms with van der Waals surface area (Å²) in [6, 6.07) is 0. The fraction of sp³-hybridized carbons (Fsp3) is 0.871. The van der Waals surface area contributed by atoms with Gasteiger partial charge in [0.15, 0.2) is 5.78 Å². The lowest BCUT2D eigenvalue weighted by Gasteiger charge is -2.60. The Hall–Kier alpha value is -1.16. The molecule has 0 N–H and O–H groups in total. The van der Waals surface area contributed by atoms with Crippen molar-refractivity contribution < 1.29 is 14.3 Å². The monoisotopic (exact) mass is 483 g/mol. The van der Waals surface area contributed by atoms with E-state index < -0.39 is 0 Å². The highest BCUT2D eigenvalue weighted by Crippen LogP contribution is 2.66. The van der Waals surface area contributed by atoms with Gasteiger partial charge in [0.05, 0.1) is 6.42 Å². The molecule has 0 unspecified atom stereocenters. The van der Waals surface area contributed by atoms with Gasteiger partial charge >= 0.3 is 5.97 Å². The van der Waals surface area contributed by atoms with Crippen molar-refractivity contribution in [3.63, 3.8) is 0 Å². The minimum atomic E-state index is 0.0119. The molecule has 0 aromatic rings. The van der Waals surface area contributed by atoms with E-state index in [2.05, 4.69) is 38.7 Å². The zero-order valence-corrected chi connectivity index (χ0v) is 23.0. The van der Waals surface area contributed by atoms with Gasteiger partial charge in [-0.25, -0.2) is 0 Å². The van der Waals surface area contributed by atoms with Crippen LogP contribution in [-0.2, 0) is 14.3 Å². The van der Waals surface area contributed by atoms with Crippen molar-refractivity contribution in [2.75, 3.05) is 19.6 Å². The fourth-order valence-electron chi connectivity index (χ4n) is 9.67. The summed E-state index contributed by atoms with van der Waals surface area (Å²) in [6.45, 7) is 14.4. The summed E-state index contributed by atoms with van der Waals surface area (Å²) in [4.78, 5) is 27.5. The minimum absolute atomic E-state index is 0.0119. The number of nitrogens with zero attached hydrogens (tertiary/aromatic N) is 1. The van der Waals surface area contributed by atoms with Crippen LogP contribution < -0.4 is 0 Å². The molecule has 0 spiro atoms. The number of esters is 1. The summed E-state index contributed by atoms with van der Waals surface area (Å²) < 4.78 is 6.08. The standard InChI is InChI=1S/C31H49NO3/c1-21(33)25-9-10-26-24-8-7-22-19-23(11-15-30(22,4)27(24)12-16-31(25,26)5)35-28(34)13-18-32-17-6-14-29(2,3)20-32/h9,22-24,26-27H,6-8,10-20H2,1-5H3/t22-,23-,24+,26-,27+,30-,31+/m0/s1. The number of carbonyl (C=O) groups excluding carboxylic acids is 2. The average Bonchev–Trinajstić information content (AvgIpc) is 3.15. The van der Waals surface area contributed by atoms with Crippen molar-refractivity contribution in [1.29, 1.82) is 0 Å². The molecule has 3 saturated carbocycles. The molecule has 4 nitrogen and oxygen atoms in total. The molecular formula is C31H49NO3. The zero-order chi connectivity index (χ0) is 25.0. The third kappa shape index (κ3) is 4.66. The summed E-state index contributed by atoms with van der Waals surface area (Å²) >= 11 is 0. The number of fused-ring (bicyclic) bond motifs is 5. The van der Waals surface area contributed by atoms with Gasteiger partial charge in [-0.1, -0.05) is 33.8 Å². The van der Waals surface area contributed by atoms with Gasteiger partial charge in [-0.3, -0.25) is 9.59 Å². The van der Waals surface area contributed by atoms with Gasteiger partial charge in [-0.15, -0.1) is 0 Å². The molecule has 196 valence electrons. The van der Waals surface area contributed by atoms with E-state index in [1.165, 1.54) is 38.5 Å². The topological polar surface area (TPSA) is 46.6 Å². The van der Waals surface area contributed by atoms with Crippen molar-refractivity contribution in [2.45, 2.75) is 111 Å². The van der Waals surface area contributed by atoms with E-state index in [9.17, 15) is 9.59 Å². The second-order valence-corrected chi connectivity index (χ2v) is 14.2. The molecule has 4 aliphatic carbocycles. The first kappa shape index (κ1) is 25.5. The molecule has 4 fully saturated rings. The number of ether oxygens (including phenoxy) is 1. The van der Waals surface area contributed by atoms with E-state index in [0.29, 0.717) is 34.9 Å². The van der Waals surface area contributed by atoms with Crippen LogP contribution in [0, 0.1) is 39.9 Å². The van der Waals surface area contributed by atoms with Gasteiger partial charge in [-0.05, 0) is 123 Å². The lowest BCUT2D eigenvalue weighted by molar-refractivity contribution is -0.161. The van der Waals surface area contributed by atoms with Gasteiger partial charge in [0.25, 0.3) is 0 Å². The molecule has 1 aliphatic heterocycles. The van der Waals surface area contributed by atoms with E-state index in [-0.39, 0.29) is 17.5 Å². The first-order chi connectivity index (χ1) is 16.5. The Morgan fingerprint density at radius 2 is 1.83 bits per heavy atom. The minimum Gasteiger partial charge on any atom is -0.462 e. The van der Waals surface area contributed by atoms with Crippen LogP contribution in [0.25, 0.3) is 0 Å². The molecule has 7 atom stereocenters. The Balaban J connectivity index is 1.16. The van der Waals surface area contributed by atoms with Gasteiger partial charge in [0.2, 0.25) is 0 Å². The number of piperidine rings is 1. The highest BCUT2D eigenvalue weighted by Gasteiger charge is 2.59. The molecule has 0 bridgehead atoms. The van der Waals surface area contributed by atoms with Crippen molar-refractivity contribution >= 4 is 11.8 Å². The molecule has 5 aliphatic rings. The lowest BCUT2D eigenvalue weighted by atomic mass is 9.44. The molecule has 35 heavy (non-hydrogen) atoms. The maximum atomic E-state index is 12.7. The van der Waals surface area contributed by atoms with Crippen LogP contribution in [0.4, 0.5) is 0 Å². The normalized spacial score (nSPS) is 42.9. The quantitative estimate of drug-likeness (QED) is 0.415. The van der Waals surface area contributed by atoms with Crippen molar-refractivity contribution in [1.82, 2.24) is 4.90 Å². The average molecular weight is 484 g/mol. The Morgan fingerprint density at radius 1 is 1.03 bits per heavy atom. The third-order valence-corrected chi connectivity index (χ3v) is 11.5. The number of hydrogen-bond acceptors (Lipinski definition) is 4. The van der Waals surface area contributed by atoms with Gasteiger partial charge < -0.3 is 9.64 Å². The van der Waals surface area contributed by atoms with Crippen molar-refractivity contribution in [2.24, 2.45) is 39.9 Å². The number of rotatable bonds is 5. The predicted molar refractivity (Wildman–Crippen MR) is 140 cm³/mol. The van der Waals surface area contributed by atoms with Crippen LogP contribution >= 0.6 is 0 Å². The number of hydrogen-bond donors (Lipinski definition) is 0. The van der Waals surface area contributed by atoms with Crippen LogP contribution in [0.2, 0.25) is 0 Å². The summed E-state index contributed by atoms with van der Waals surface area (Å²) in [7, 11) is 0. The SMILES string of the molecule is CC(=O)C1=CC[C@H]2[C@H]3CC[C@H]4C[C@@H](OC(=O)CCN5CCCC(C)(C)C5)CC[C@]4(C)[C@@H]3CC[C@]12C. The van der Waals surface area contributed by atoms with Crippen LogP contribution in [0.3, 0.4) is 0 Å². The Bertz CT molecular complexity index is 876. The van der Waals surface area contributed by atoms with E-state index in [1.54, 1.807) is 6.92 Å². The van der Waals surface area contributed by atoms with Crippen LogP contribution in [0.15, 0.2) is 11.6 Å². The van der Waals surface area contributed by atoms with Crippen LogP contribution in [0.5, 0.6) is 0 Å². The number of allylic oxidation sites excluding steroid dienone is 2. The Kier molecular flexibility index (Phi) is 6.77. The third-order valence-electron chi connectivity index (χ3n) is 11.5. The first-order valence-corrected chi connectivity index (χ1v) is 14.7. The lowest BCUT2D eigenvalue weighted by Crippen LogP contribution is -2.54. The maximum absolute atomic E-state index is 12.7. The zero-order valence-electron chi connectivity index (χ0n) is 23.0. The van der Waals surface area contributed by atoms with Gasteiger partial charge in [0.1, 0.15) is 6.10 Å².